The lowest BCUT2D eigenvalue weighted by Crippen LogP contribution is -2.19. The van der Waals surface area contributed by atoms with E-state index in [2.05, 4.69) is 5.32 Å². The summed E-state index contributed by atoms with van der Waals surface area (Å²) >= 11 is 0. The second-order valence-corrected chi connectivity index (χ2v) is 3.99. The van der Waals surface area contributed by atoms with Crippen LogP contribution in [-0.2, 0) is 12.8 Å². The van der Waals surface area contributed by atoms with Crippen molar-refractivity contribution in [3.05, 3.63) is 23.3 Å². The van der Waals surface area contributed by atoms with Crippen LogP contribution in [0.3, 0.4) is 0 Å². The number of hydrogen-bond donors (Lipinski definition) is 2. The molecule has 0 fully saturated rings. The van der Waals surface area contributed by atoms with Crippen LogP contribution in [0.25, 0.3) is 0 Å². The maximum Gasteiger partial charge on any atom is 0.393 e. The van der Waals surface area contributed by atoms with Gasteiger partial charge in [0.05, 0.1) is 6.42 Å². The topological polar surface area (TPSA) is 38.0 Å². The lowest BCUT2D eigenvalue weighted by Gasteiger charge is -2.23. The number of nitrogens with two attached hydrogens (primary N) is 1. The largest absolute Gasteiger partial charge is 0.398 e. The fraction of sp³-hybridized carbons (Fsp3) is 0.538. The van der Waals surface area contributed by atoms with E-state index in [4.69, 9.17) is 5.73 Å². The van der Waals surface area contributed by atoms with Crippen molar-refractivity contribution in [3.8, 4) is 0 Å². The summed E-state index contributed by atoms with van der Waals surface area (Å²) in [6.07, 6.45) is -3.42. The van der Waals surface area contributed by atoms with Gasteiger partial charge in [0.15, 0.2) is 0 Å². The molecule has 0 amide bonds. The first-order chi connectivity index (χ1) is 8.47. The number of alkyl halides is 3. The Hall–Kier alpha value is -1.39. The molecular weight excluding hydrogens is 241 g/mol. The molecular formula is C13H19F3N2. The predicted octanol–water partition coefficient (Wildman–Crippen LogP) is 3.76. The molecule has 18 heavy (non-hydrogen) atoms. The maximum absolute atomic E-state index is 12.4. The van der Waals surface area contributed by atoms with Crippen LogP contribution < -0.4 is 11.1 Å². The minimum atomic E-state index is -4.22. The molecule has 2 nitrogen and oxygen atoms in total. The molecule has 0 unspecified atom stereocenters. The third kappa shape index (κ3) is 3.55. The summed E-state index contributed by atoms with van der Waals surface area (Å²) in [5.41, 5.74) is 7.53. The van der Waals surface area contributed by atoms with Crippen LogP contribution in [-0.4, -0.2) is 12.7 Å². The van der Waals surface area contributed by atoms with Crippen molar-refractivity contribution >= 4 is 11.4 Å². The van der Waals surface area contributed by atoms with Crippen molar-refractivity contribution in [3.63, 3.8) is 0 Å². The van der Waals surface area contributed by atoms with E-state index in [0.29, 0.717) is 12.2 Å². The molecule has 1 aliphatic rings. The monoisotopic (exact) mass is 260 g/mol. The molecule has 0 saturated carbocycles. The van der Waals surface area contributed by atoms with Crippen LogP contribution in [0.4, 0.5) is 24.5 Å². The predicted molar refractivity (Wildman–Crippen MR) is 68.8 cm³/mol. The standard InChI is InChI=1S/C11H13F3N2.C2H6/c12-11(13,14)6-8-9(15)4-3-7-2-1-5-16-10(7)8;1-2/h3-4,16H,1-2,5-6,15H2;1-2H3. The number of fused-ring (bicyclic) bond motifs is 1. The lowest BCUT2D eigenvalue weighted by molar-refractivity contribution is -0.127. The number of aryl methyl sites for hydroxylation is 1. The molecule has 0 spiro atoms. The van der Waals surface area contributed by atoms with E-state index in [1.807, 2.05) is 13.8 Å². The smallest absolute Gasteiger partial charge is 0.393 e. The van der Waals surface area contributed by atoms with Gasteiger partial charge in [0, 0.05) is 23.5 Å². The minimum Gasteiger partial charge on any atom is -0.398 e. The fourth-order valence-corrected chi connectivity index (χ4v) is 2.02. The first kappa shape index (κ1) is 14.7. The molecule has 1 aliphatic heterocycles. The van der Waals surface area contributed by atoms with Gasteiger partial charge in [-0.3, -0.25) is 0 Å². The summed E-state index contributed by atoms with van der Waals surface area (Å²) in [4.78, 5) is 0. The molecule has 1 heterocycles. The van der Waals surface area contributed by atoms with Crippen molar-refractivity contribution in [1.82, 2.24) is 0 Å². The van der Waals surface area contributed by atoms with E-state index >= 15 is 0 Å². The summed E-state index contributed by atoms with van der Waals surface area (Å²) < 4.78 is 37.2. The van der Waals surface area contributed by atoms with E-state index in [1.54, 1.807) is 12.1 Å². The van der Waals surface area contributed by atoms with Crippen molar-refractivity contribution in [1.29, 1.82) is 0 Å². The normalized spacial score (nSPS) is 14.1. The van der Waals surface area contributed by atoms with Crippen LogP contribution in [0.15, 0.2) is 12.1 Å². The van der Waals surface area contributed by atoms with E-state index in [9.17, 15) is 13.2 Å². The first-order valence-electron chi connectivity index (χ1n) is 6.18. The number of halogens is 3. The molecule has 3 N–H and O–H groups in total. The zero-order valence-electron chi connectivity index (χ0n) is 10.7. The molecule has 0 atom stereocenters. The van der Waals surface area contributed by atoms with E-state index in [1.165, 1.54) is 0 Å². The summed E-state index contributed by atoms with van der Waals surface area (Å²) in [6, 6.07) is 3.36. The highest BCUT2D eigenvalue weighted by molar-refractivity contribution is 5.68. The van der Waals surface area contributed by atoms with E-state index < -0.39 is 12.6 Å². The van der Waals surface area contributed by atoms with Gasteiger partial charge in [-0.25, -0.2) is 0 Å². The highest BCUT2D eigenvalue weighted by atomic mass is 19.4. The average Bonchev–Trinajstić information content (AvgIpc) is 2.34. The Morgan fingerprint density at radius 2 is 1.94 bits per heavy atom. The van der Waals surface area contributed by atoms with Gasteiger partial charge < -0.3 is 11.1 Å². The number of rotatable bonds is 1. The molecule has 0 aliphatic carbocycles. The lowest BCUT2D eigenvalue weighted by atomic mass is 9.96. The zero-order chi connectivity index (χ0) is 13.8. The van der Waals surface area contributed by atoms with Crippen LogP contribution in [0.1, 0.15) is 31.4 Å². The van der Waals surface area contributed by atoms with Gasteiger partial charge in [-0.1, -0.05) is 19.9 Å². The van der Waals surface area contributed by atoms with Gasteiger partial charge in [0.1, 0.15) is 0 Å². The van der Waals surface area contributed by atoms with Crippen molar-refractivity contribution < 1.29 is 13.2 Å². The summed E-state index contributed by atoms with van der Waals surface area (Å²) in [5, 5.41) is 3.01. The second-order valence-electron chi connectivity index (χ2n) is 3.99. The Labute approximate surface area is 105 Å². The zero-order valence-corrected chi connectivity index (χ0v) is 10.7. The fourth-order valence-electron chi connectivity index (χ4n) is 2.02. The van der Waals surface area contributed by atoms with Gasteiger partial charge in [-0.2, -0.15) is 13.2 Å². The molecule has 102 valence electrons. The van der Waals surface area contributed by atoms with Crippen molar-refractivity contribution in [2.45, 2.75) is 39.3 Å². The Morgan fingerprint density at radius 1 is 1.28 bits per heavy atom. The Morgan fingerprint density at radius 3 is 2.56 bits per heavy atom. The molecule has 0 aromatic heterocycles. The van der Waals surface area contributed by atoms with Crippen LogP contribution in [0, 0.1) is 0 Å². The quantitative estimate of drug-likeness (QED) is 0.754. The third-order valence-electron chi connectivity index (χ3n) is 2.74. The van der Waals surface area contributed by atoms with E-state index in [-0.39, 0.29) is 11.3 Å². The number of hydrogen-bond acceptors (Lipinski definition) is 2. The van der Waals surface area contributed by atoms with Crippen LogP contribution in [0.2, 0.25) is 0 Å². The SMILES string of the molecule is CC.Nc1ccc2c(c1CC(F)(F)F)NCCC2. The Balaban J connectivity index is 0.000000771. The minimum absolute atomic E-state index is 0.185. The van der Waals surface area contributed by atoms with Gasteiger partial charge in [0.2, 0.25) is 0 Å². The highest BCUT2D eigenvalue weighted by Crippen LogP contribution is 2.34. The molecule has 1 aromatic carbocycles. The summed E-state index contributed by atoms with van der Waals surface area (Å²) in [6.45, 7) is 4.71. The summed E-state index contributed by atoms with van der Waals surface area (Å²) in [7, 11) is 0. The first-order valence-corrected chi connectivity index (χ1v) is 6.18. The molecule has 0 saturated heterocycles. The van der Waals surface area contributed by atoms with Gasteiger partial charge >= 0.3 is 6.18 Å². The number of benzene rings is 1. The van der Waals surface area contributed by atoms with Crippen molar-refractivity contribution in [2.24, 2.45) is 0 Å². The average molecular weight is 260 g/mol. The Bertz CT molecular complexity index is 400. The molecule has 2 rings (SSSR count). The molecule has 5 heteroatoms. The molecule has 0 radical (unpaired) electrons. The molecule has 1 aromatic rings. The number of anilines is 2. The van der Waals surface area contributed by atoms with Gasteiger partial charge in [-0.05, 0) is 24.5 Å². The highest BCUT2D eigenvalue weighted by Gasteiger charge is 2.31. The second kappa shape index (κ2) is 5.98. The van der Waals surface area contributed by atoms with Gasteiger partial charge in [0.25, 0.3) is 0 Å². The van der Waals surface area contributed by atoms with Crippen molar-refractivity contribution in [2.75, 3.05) is 17.6 Å². The van der Waals surface area contributed by atoms with Crippen LogP contribution >= 0.6 is 0 Å². The molecule has 0 bridgehead atoms. The number of nitrogens with one attached hydrogen (secondary N) is 1. The number of nitrogen functional groups attached to an aromatic ring is 1. The van der Waals surface area contributed by atoms with E-state index in [0.717, 1.165) is 18.4 Å². The van der Waals surface area contributed by atoms with Gasteiger partial charge in [-0.15, -0.1) is 0 Å². The maximum atomic E-state index is 12.4. The third-order valence-corrected chi connectivity index (χ3v) is 2.74. The summed E-state index contributed by atoms with van der Waals surface area (Å²) in [5.74, 6) is 0. The Kier molecular flexibility index (Phi) is 4.87. The van der Waals surface area contributed by atoms with Crippen LogP contribution in [0.5, 0.6) is 0 Å².